The molecule has 0 radical (unpaired) electrons. The number of carbonyl (C=O) groups is 3. The van der Waals surface area contributed by atoms with Crippen LogP contribution >= 0.6 is 0 Å². The zero-order valence-electron chi connectivity index (χ0n) is 14.5. The molecule has 5 nitrogen and oxygen atoms in total. The fraction of sp³-hybridized carbons (Fsp3) is 0.190. The maximum atomic E-state index is 13.3. The van der Waals surface area contributed by atoms with Crippen LogP contribution in [0.25, 0.3) is 5.57 Å². The minimum absolute atomic E-state index is 0.123. The lowest BCUT2D eigenvalue weighted by Gasteiger charge is -2.17. The van der Waals surface area contributed by atoms with Crippen molar-refractivity contribution >= 4 is 29.0 Å². The second kappa shape index (κ2) is 6.46. The molecule has 4 rings (SSSR count). The molecule has 0 saturated carbocycles. The molecule has 1 fully saturated rings. The van der Waals surface area contributed by atoms with Crippen molar-refractivity contribution in [2.24, 2.45) is 11.8 Å². The fourth-order valence-corrected chi connectivity index (χ4v) is 3.91. The number of imide groups is 1. The van der Waals surface area contributed by atoms with Crippen LogP contribution in [-0.2, 0) is 19.1 Å². The van der Waals surface area contributed by atoms with Crippen LogP contribution < -0.4 is 4.90 Å². The quantitative estimate of drug-likeness (QED) is 0.620. The average Bonchev–Trinajstić information content (AvgIpc) is 3.19. The van der Waals surface area contributed by atoms with Crippen LogP contribution in [0.15, 0.2) is 60.2 Å². The van der Waals surface area contributed by atoms with Gasteiger partial charge in [0.25, 0.3) is 0 Å². The zero-order chi connectivity index (χ0) is 19.1. The summed E-state index contributed by atoms with van der Waals surface area (Å²) >= 11 is 0. The van der Waals surface area contributed by atoms with Gasteiger partial charge in [-0.25, -0.2) is 14.1 Å². The first-order valence-electron chi connectivity index (χ1n) is 8.53. The van der Waals surface area contributed by atoms with Crippen molar-refractivity contribution in [1.29, 1.82) is 0 Å². The molecule has 2 atom stereocenters. The largest absolute Gasteiger partial charge is 0.466 e. The number of para-hydroxylation sites is 1. The van der Waals surface area contributed by atoms with Crippen LogP contribution in [0.2, 0.25) is 0 Å². The highest BCUT2D eigenvalue weighted by atomic mass is 19.1. The number of carbonyl (C=O) groups excluding carboxylic acids is 3. The molecule has 2 amide bonds. The topological polar surface area (TPSA) is 63.7 Å². The number of halogens is 1. The molecule has 0 N–H and O–H groups in total. The van der Waals surface area contributed by atoms with Gasteiger partial charge < -0.3 is 4.74 Å². The van der Waals surface area contributed by atoms with E-state index in [-0.39, 0.29) is 18.2 Å². The normalized spacial score (nSPS) is 21.6. The van der Waals surface area contributed by atoms with Crippen LogP contribution in [0.4, 0.5) is 10.1 Å². The van der Waals surface area contributed by atoms with Crippen molar-refractivity contribution in [3.63, 3.8) is 0 Å². The van der Waals surface area contributed by atoms with Gasteiger partial charge in [-0.15, -0.1) is 0 Å². The molecule has 2 aliphatic rings. The van der Waals surface area contributed by atoms with E-state index in [9.17, 15) is 18.8 Å². The Labute approximate surface area is 155 Å². The lowest BCUT2D eigenvalue weighted by molar-refractivity contribution is -0.136. The van der Waals surface area contributed by atoms with E-state index in [2.05, 4.69) is 0 Å². The molecule has 27 heavy (non-hydrogen) atoms. The van der Waals surface area contributed by atoms with Crippen molar-refractivity contribution in [3.8, 4) is 0 Å². The predicted octanol–water partition coefficient (Wildman–Crippen LogP) is 2.96. The molecule has 1 heterocycles. The number of fused-ring (bicyclic) bond motifs is 1. The predicted molar refractivity (Wildman–Crippen MR) is 95.9 cm³/mol. The number of amides is 2. The SMILES string of the molecule is COC(=O)C1=C(c2ccc(F)cc2)[C@H]2C(=O)N(c3ccccc3)C(=O)[C@H]2C1. The summed E-state index contributed by atoms with van der Waals surface area (Å²) in [6, 6.07) is 14.2. The van der Waals surface area contributed by atoms with Crippen LogP contribution in [0.5, 0.6) is 0 Å². The van der Waals surface area contributed by atoms with Gasteiger partial charge in [-0.3, -0.25) is 9.59 Å². The van der Waals surface area contributed by atoms with E-state index in [0.29, 0.717) is 22.4 Å². The van der Waals surface area contributed by atoms with Crippen molar-refractivity contribution in [2.45, 2.75) is 6.42 Å². The van der Waals surface area contributed by atoms with Gasteiger partial charge in [0.1, 0.15) is 5.82 Å². The highest BCUT2D eigenvalue weighted by molar-refractivity contribution is 6.27. The molecule has 2 aromatic carbocycles. The zero-order valence-corrected chi connectivity index (χ0v) is 14.5. The Kier molecular flexibility index (Phi) is 4.11. The number of benzene rings is 2. The summed E-state index contributed by atoms with van der Waals surface area (Å²) in [7, 11) is 1.26. The molecule has 0 aromatic heterocycles. The number of nitrogens with zero attached hydrogens (tertiary/aromatic N) is 1. The number of anilines is 1. The Bertz CT molecular complexity index is 965. The Balaban J connectivity index is 1.82. The molecular weight excluding hydrogens is 349 g/mol. The number of ether oxygens (including phenoxy) is 1. The minimum Gasteiger partial charge on any atom is -0.466 e. The standard InChI is InChI=1S/C21H16FNO4/c1-27-21(26)16-11-15-18(17(16)12-7-9-13(22)10-8-12)20(25)23(19(15)24)14-5-3-2-4-6-14/h2-10,15,18H,11H2,1H3/t15-,18-/m0/s1. The molecule has 0 bridgehead atoms. The lowest BCUT2D eigenvalue weighted by atomic mass is 9.89. The van der Waals surface area contributed by atoms with Crippen LogP contribution in [0.3, 0.4) is 0 Å². The van der Waals surface area contributed by atoms with Gasteiger partial charge in [0, 0.05) is 5.57 Å². The third-order valence-electron chi connectivity index (χ3n) is 5.09. The van der Waals surface area contributed by atoms with E-state index in [4.69, 9.17) is 4.74 Å². The Hall–Kier alpha value is -3.28. The summed E-state index contributed by atoms with van der Waals surface area (Å²) in [6.07, 6.45) is 0.123. The fourth-order valence-electron chi connectivity index (χ4n) is 3.91. The molecule has 1 aliphatic heterocycles. The Morgan fingerprint density at radius 3 is 2.33 bits per heavy atom. The third kappa shape index (κ3) is 2.65. The van der Waals surface area contributed by atoms with Crippen molar-refractivity contribution < 1.29 is 23.5 Å². The molecule has 1 aliphatic carbocycles. The van der Waals surface area contributed by atoms with Gasteiger partial charge in [-0.1, -0.05) is 30.3 Å². The summed E-state index contributed by atoms with van der Waals surface area (Å²) in [5.74, 6) is -3.16. The van der Waals surface area contributed by atoms with E-state index in [0.717, 1.165) is 0 Å². The lowest BCUT2D eigenvalue weighted by Crippen LogP contribution is -2.32. The molecule has 0 spiro atoms. The molecule has 136 valence electrons. The number of hydrogen-bond donors (Lipinski definition) is 0. The number of rotatable bonds is 3. The highest BCUT2D eigenvalue weighted by Crippen LogP contribution is 2.49. The first-order chi connectivity index (χ1) is 13.0. The molecule has 6 heteroatoms. The van der Waals surface area contributed by atoms with Crippen molar-refractivity contribution in [3.05, 3.63) is 71.6 Å². The Morgan fingerprint density at radius 1 is 1.04 bits per heavy atom. The maximum absolute atomic E-state index is 13.3. The van der Waals surface area contributed by atoms with Crippen molar-refractivity contribution in [2.75, 3.05) is 12.0 Å². The maximum Gasteiger partial charge on any atom is 0.334 e. The summed E-state index contributed by atoms with van der Waals surface area (Å²) in [4.78, 5) is 39.5. The highest BCUT2D eigenvalue weighted by Gasteiger charge is 2.55. The molecular formula is C21H16FNO4. The summed E-state index contributed by atoms with van der Waals surface area (Å²) in [5, 5.41) is 0. The second-order valence-electron chi connectivity index (χ2n) is 6.53. The smallest absolute Gasteiger partial charge is 0.334 e. The second-order valence-corrected chi connectivity index (χ2v) is 6.53. The molecule has 0 unspecified atom stereocenters. The van der Waals surface area contributed by atoms with Crippen LogP contribution in [-0.4, -0.2) is 24.9 Å². The van der Waals surface area contributed by atoms with Gasteiger partial charge in [-0.05, 0) is 41.8 Å². The van der Waals surface area contributed by atoms with Gasteiger partial charge in [-0.2, -0.15) is 0 Å². The van der Waals surface area contributed by atoms with Crippen LogP contribution in [0, 0.1) is 17.7 Å². The summed E-state index contributed by atoms with van der Waals surface area (Å²) in [5.41, 5.74) is 1.79. The molecule has 2 aromatic rings. The van der Waals surface area contributed by atoms with Crippen molar-refractivity contribution in [1.82, 2.24) is 0 Å². The van der Waals surface area contributed by atoms with Gasteiger partial charge in [0.2, 0.25) is 11.8 Å². The monoisotopic (exact) mass is 365 g/mol. The minimum atomic E-state index is -0.780. The van der Waals surface area contributed by atoms with E-state index < -0.39 is 23.6 Å². The summed E-state index contributed by atoms with van der Waals surface area (Å²) in [6.45, 7) is 0. The van der Waals surface area contributed by atoms with Gasteiger partial charge >= 0.3 is 5.97 Å². The van der Waals surface area contributed by atoms with Crippen LogP contribution in [0.1, 0.15) is 12.0 Å². The number of esters is 1. The summed E-state index contributed by atoms with van der Waals surface area (Å²) < 4.78 is 18.2. The first kappa shape index (κ1) is 17.1. The third-order valence-corrected chi connectivity index (χ3v) is 5.09. The van der Waals surface area contributed by atoms with Gasteiger partial charge in [0.05, 0.1) is 24.6 Å². The van der Waals surface area contributed by atoms with Gasteiger partial charge in [0.15, 0.2) is 0 Å². The van der Waals surface area contributed by atoms with E-state index >= 15 is 0 Å². The Morgan fingerprint density at radius 2 is 1.70 bits per heavy atom. The molecule has 1 saturated heterocycles. The van der Waals surface area contributed by atoms with E-state index in [1.165, 1.54) is 36.3 Å². The van der Waals surface area contributed by atoms with E-state index in [1.54, 1.807) is 30.3 Å². The van der Waals surface area contributed by atoms with E-state index in [1.807, 2.05) is 0 Å². The first-order valence-corrected chi connectivity index (χ1v) is 8.53. The number of hydrogen-bond acceptors (Lipinski definition) is 4. The average molecular weight is 365 g/mol. The number of methoxy groups -OCH3 is 1.